The van der Waals surface area contributed by atoms with Crippen molar-refractivity contribution in [2.75, 3.05) is 11.4 Å². The lowest BCUT2D eigenvalue weighted by Crippen LogP contribution is -2.31. The number of halogens is 1. The summed E-state index contributed by atoms with van der Waals surface area (Å²) in [5.74, 6) is 1.10. The first kappa shape index (κ1) is 16.8. The van der Waals surface area contributed by atoms with Gasteiger partial charge in [0, 0.05) is 30.4 Å². The van der Waals surface area contributed by atoms with Crippen molar-refractivity contribution >= 4 is 29.1 Å². The maximum atomic E-state index is 4.71. The van der Waals surface area contributed by atoms with E-state index in [9.17, 15) is 0 Å². The Morgan fingerprint density at radius 1 is 1.17 bits per heavy atom. The Morgan fingerprint density at radius 3 is 2.75 bits per heavy atom. The molecule has 3 aromatic rings. The summed E-state index contributed by atoms with van der Waals surface area (Å²) in [5.41, 5.74) is 6.84. The highest BCUT2D eigenvalue weighted by Gasteiger charge is 2.20. The van der Waals surface area contributed by atoms with Crippen LogP contribution in [0.5, 0.6) is 0 Å². The lowest BCUT2D eigenvalue weighted by molar-refractivity contribution is 0.723. The first-order valence-corrected chi connectivity index (χ1v) is 8.55. The number of nitrogens with one attached hydrogen (secondary N) is 1. The van der Waals surface area contributed by atoms with Gasteiger partial charge in [0.05, 0.1) is 5.52 Å². The highest BCUT2D eigenvalue weighted by molar-refractivity contribution is 5.93. The van der Waals surface area contributed by atoms with Crippen molar-refractivity contribution in [1.82, 2.24) is 9.97 Å². The summed E-state index contributed by atoms with van der Waals surface area (Å²) in [6.07, 6.45) is 5.35. The molecule has 0 saturated heterocycles. The molecule has 3 nitrogen and oxygen atoms in total. The van der Waals surface area contributed by atoms with Crippen LogP contribution in [0, 0.1) is 6.92 Å². The molecule has 1 N–H and O–H groups in total. The Kier molecular flexibility index (Phi) is 4.81. The highest BCUT2D eigenvalue weighted by Crippen LogP contribution is 2.32. The lowest BCUT2D eigenvalue weighted by atomic mass is 10.00. The van der Waals surface area contributed by atoms with Gasteiger partial charge >= 0.3 is 0 Å². The normalized spacial score (nSPS) is 13.7. The van der Waals surface area contributed by atoms with Crippen LogP contribution < -0.4 is 4.90 Å². The third kappa shape index (κ3) is 2.78. The summed E-state index contributed by atoms with van der Waals surface area (Å²) in [4.78, 5) is 10.7. The van der Waals surface area contributed by atoms with Gasteiger partial charge in [-0.05, 0) is 42.5 Å². The molecular formula is C20H24ClN3. The number of rotatable bonds is 3. The maximum absolute atomic E-state index is 4.71. The van der Waals surface area contributed by atoms with Crippen LogP contribution in [-0.4, -0.2) is 16.5 Å². The Bertz CT molecular complexity index is 853. The molecule has 1 aliphatic heterocycles. The Morgan fingerprint density at radius 2 is 1.96 bits per heavy atom. The van der Waals surface area contributed by atoms with Gasteiger partial charge in [-0.15, -0.1) is 12.4 Å². The van der Waals surface area contributed by atoms with E-state index in [1.54, 1.807) is 0 Å². The fourth-order valence-corrected chi connectivity index (χ4v) is 3.78. The number of benzene rings is 1. The number of hydrogen-bond acceptors (Lipinski definition) is 2. The molecule has 3 heterocycles. The van der Waals surface area contributed by atoms with E-state index in [0.29, 0.717) is 0 Å². The van der Waals surface area contributed by atoms with E-state index in [4.69, 9.17) is 4.98 Å². The van der Waals surface area contributed by atoms with Crippen molar-refractivity contribution in [3.63, 3.8) is 0 Å². The van der Waals surface area contributed by atoms with Crippen LogP contribution in [0.1, 0.15) is 35.7 Å². The quantitative estimate of drug-likeness (QED) is 0.741. The molecule has 0 spiro atoms. The SMILES string of the molecule is CCCc1c(C)[nH]c2c(N3CCc4ccccc4C3)nccc12.Cl. The molecule has 24 heavy (non-hydrogen) atoms. The Hall–Kier alpha value is -2.00. The third-order valence-electron chi connectivity index (χ3n) is 4.95. The second-order valence-corrected chi connectivity index (χ2v) is 6.48. The lowest BCUT2D eigenvalue weighted by Gasteiger charge is -2.30. The number of nitrogens with zero attached hydrogens (tertiary/aromatic N) is 2. The van der Waals surface area contributed by atoms with Gasteiger partial charge in [0.25, 0.3) is 0 Å². The van der Waals surface area contributed by atoms with Crippen LogP contribution >= 0.6 is 12.4 Å². The third-order valence-corrected chi connectivity index (χ3v) is 4.95. The van der Waals surface area contributed by atoms with E-state index in [0.717, 1.165) is 31.7 Å². The molecular weight excluding hydrogens is 318 g/mol. The van der Waals surface area contributed by atoms with Crippen molar-refractivity contribution in [3.05, 3.63) is 58.9 Å². The molecule has 0 saturated carbocycles. The van der Waals surface area contributed by atoms with Crippen LogP contribution in [0.2, 0.25) is 0 Å². The standard InChI is InChI=1S/C20H23N3.ClH/c1-3-6-17-14(2)22-19-18(17)9-11-21-20(19)23-12-10-15-7-4-5-8-16(15)13-23;/h4-5,7-9,11,22H,3,6,10,12-13H2,1-2H3;1H. The zero-order valence-electron chi connectivity index (χ0n) is 14.3. The van der Waals surface area contributed by atoms with E-state index < -0.39 is 0 Å². The number of aromatic amines is 1. The number of hydrogen-bond donors (Lipinski definition) is 1. The molecule has 0 radical (unpaired) electrons. The van der Waals surface area contributed by atoms with Crippen LogP contribution in [0.25, 0.3) is 10.9 Å². The van der Waals surface area contributed by atoms with Gasteiger partial charge in [-0.2, -0.15) is 0 Å². The number of H-pyrrole nitrogens is 1. The second-order valence-electron chi connectivity index (χ2n) is 6.48. The zero-order valence-corrected chi connectivity index (χ0v) is 15.1. The molecule has 1 aromatic carbocycles. The van der Waals surface area contributed by atoms with Crippen LogP contribution in [-0.2, 0) is 19.4 Å². The molecule has 0 amide bonds. The number of pyridine rings is 1. The molecule has 4 rings (SSSR count). The van der Waals surface area contributed by atoms with Crippen molar-refractivity contribution in [3.8, 4) is 0 Å². The average Bonchev–Trinajstić information content (AvgIpc) is 2.91. The second kappa shape index (κ2) is 6.86. The fourth-order valence-electron chi connectivity index (χ4n) is 3.78. The first-order chi connectivity index (χ1) is 11.3. The molecule has 126 valence electrons. The fraction of sp³-hybridized carbons (Fsp3) is 0.350. The van der Waals surface area contributed by atoms with Crippen LogP contribution in [0.3, 0.4) is 0 Å². The van der Waals surface area contributed by atoms with E-state index in [2.05, 4.69) is 54.1 Å². The minimum Gasteiger partial charge on any atom is -0.355 e. The first-order valence-electron chi connectivity index (χ1n) is 8.55. The largest absolute Gasteiger partial charge is 0.355 e. The van der Waals surface area contributed by atoms with Gasteiger partial charge in [0.15, 0.2) is 5.82 Å². The summed E-state index contributed by atoms with van der Waals surface area (Å²) in [6, 6.07) is 10.9. The Balaban J connectivity index is 0.00000169. The number of aromatic nitrogens is 2. The van der Waals surface area contributed by atoms with Crippen molar-refractivity contribution < 1.29 is 0 Å². The summed E-state index contributed by atoms with van der Waals surface area (Å²) in [5, 5.41) is 1.34. The average molecular weight is 342 g/mol. The molecule has 0 fully saturated rings. The summed E-state index contributed by atoms with van der Waals surface area (Å²) < 4.78 is 0. The number of fused-ring (bicyclic) bond motifs is 2. The molecule has 2 aromatic heterocycles. The van der Waals surface area contributed by atoms with Crippen LogP contribution in [0.4, 0.5) is 5.82 Å². The zero-order chi connectivity index (χ0) is 15.8. The molecule has 4 heteroatoms. The van der Waals surface area contributed by atoms with Gasteiger partial charge in [0.1, 0.15) is 0 Å². The van der Waals surface area contributed by atoms with E-state index in [-0.39, 0.29) is 12.4 Å². The molecule has 1 aliphatic rings. The van der Waals surface area contributed by atoms with Gasteiger partial charge in [0.2, 0.25) is 0 Å². The van der Waals surface area contributed by atoms with Crippen molar-refractivity contribution in [2.45, 2.75) is 39.7 Å². The molecule has 0 aliphatic carbocycles. The molecule has 0 unspecified atom stereocenters. The number of anilines is 1. The van der Waals surface area contributed by atoms with E-state index in [1.807, 2.05) is 6.20 Å². The predicted molar refractivity (Wildman–Crippen MR) is 103 cm³/mol. The van der Waals surface area contributed by atoms with E-state index in [1.165, 1.54) is 39.7 Å². The molecule has 0 atom stereocenters. The minimum absolute atomic E-state index is 0. The monoisotopic (exact) mass is 341 g/mol. The van der Waals surface area contributed by atoms with Gasteiger partial charge in [-0.3, -0.25) is 0 Å². The highest BCUT2D eigenvalue weighted by atomic mass is 35.5. The smallest absolute Gasteiger partial charge is 0.153 e. The van der Waals surface area contributed by atoms with E-state index >= 15 is 0 Å². The summed E-state index contributed by atoms with van der Waals surface area (Å²) in [7, 11) is 0. The van der Waals surface area contributed by atoms with Gasteiger partial charge < -0.3 is 9.88 Å². The summed E-state index contributed by atoms with van der Waals surface area (Å²) >= 11 is 0. The summed E-state index contributed by atoms with van der Waals surface area (Å²) in [6.45, 7) is 6.40. The minimum atomic E-state index is 0. The predicted octanol–water partition coefficient (Wildman–Crippen LogP) is 4.81. The van der Waals surface area contributed by atoms with Gasteiger partial charge in [-0.1, -0.05) is 37.6 Å². The van der Waals surface area contributed by atoms with Crippen molar-refractivity contribution in [1.29, 1.82) is 0 Å². The van der Waals surface area contributed by atoms with Gasteiger partial charge in [-0.25, -0.2) is 4.98 Å². The number of aryl methyl sites for hydroxylation is 2. The maximum Gasteiger partial charge on any atom is 0.153 e. The van der Waals surface area contributed by atoms with Crippen LogP contribution in [0.15, 0.2) is 36.5 Å². The van der Waals surface area contributed by atoms with Crippen molar-refractivity contribution in [2.24, 2.45) is 0 Å². The topological polar surface area (TPSA) is 31.9 Å². The Labute approximate surface area is 149 Å². The molecule has 0 bridgehead atoms.